The quantitative estimate of drug-likeness (QED) is 0.715. The molecule has 0 amide bonds. The molecule has 0 heterocycles. The third-order valence-electron chi connectivity index (χ3n) is 4.38. The lowest BCUT2D eigenvalue weighted by molar-refractivity contribution is 0.00196. The predicted octanol–water partition coefficient (Wildman–Crippen LogP) is 3.49. The molecule has 0 bridgehead atoms. The molecule has 2 atom stereocenters. The van der Waals surface area contributed by atoms with Gasteiger partial charge in [0, 0.05) is 12.6 Å². The Kier molecular flexibility index (Phi) is 6.50. The summed E-state index contributed by atoms with van der Waals surface area (Å²) < 4.78 is 0. The second-order valence-corrected chi connectivity index (χ2v) is 6.02. The minimum absolute atomic E-state index is 0.416. The van der Waals surface area contributed by atoms with Gasteiger partial charge in [0.05, 0.1) is 5.60 Å². The van der Waals surface area contributed by atoms with Crippen LogP contribution in [-0.2, 0) is 0 Å². The Hall–Kier alpha value is -0.0800. The van der Waals surface area contributed by atoms with Gasteiger partial charge in [-0.2, -0.15) is 0 Å². The van der Waals surface area contributed by atoms with Crippen LogP contribution in [-0.4, -0.2) is 23.3 Å². The summed E-state index contributed by atoms with van der Waals surface area (Å²) in [5, 5.41) is 14.0. The van der Waals surface area contributed by atoms with Crippen LogP contribution < -0.4 is 5.32 Å². The maximum atomic E-state index is 10.4. The minimum atomic E-state index is -0.416. The first kappa shape index (κ1) is 15.0. The van der Waals surface area contributed by atoms with Gasteiger partial charge in [-0.1, -0.05) is 46.5 Å². The SMILES string of the molecule is CCC(C)CC(CC)NCC1(O)CCCCC1. The molecule has 0 aromatic heterocycles. The van der Waals surface area contributed by atoms with Gasteiger partial charge >= 0.3 is 0 Å². The largest absolute Gasteiger partial charge is 0.389 e. The van der Waals surface area contributed by atoms with E-state index in [2.05, 4.69) is 26.1 Å². The standard InChI is InChI=1S/C15H31NO/c1-4-13(3)11-14(5-2)16-12-15(17)9-7-6-8-10-15/h13-14,16-17H,4-12H2,1-3H3. The Bertz CT molecular complexity index is 199. The Labute approximate surface area is 107 Å². The number of hydrogen-bond acceptors (Lipinski definition) is 2. The van der Waals surface area contributed by atoms with Crippen molar-refractivity contribution < 1.29 is 5.11 Å². The van der Waals surface area contributed by atoms with Crippen molar-refractivity contribution in [1.29, 1.82) is 0 Å². The second-order valence-electron chi connectivity index (χ2n) is 6.02. The van der Waals surface area contributed by atoms with Gasteiger partial charge in [-0.25, -0.2) is 0 Å². The lowest BCUT2D eigenvalue weighted by atomic mass is 9.84. The highest BCUT2D eigenvalue weighted by Gasteiger charge is 2.29. The average molecular weight is 241 g/mol. The first-order chi connectivity index (χ1) is 8.09. The highest BCUT2D eigenvalue weighted by atomic mass is 16.3. The molecule has 0 spiro atoms. The molecular formula is C15H31NO. The van der Waals surface area contributed by atoms with Gasteiger partial charge in [-0.15, -0.1) is 0 Å². The molecule has 1 aliphatic rings. The Balaban J connectivity index is 2.30. The number of aliphatic hydroxyl groups is 1. The van der Waals surface area contributed by atoms with Crippen LogP contribution in [0.15, 0.2) is 0 Å². The van der Waals surface area contributed by atoms with Crippen LogP contribution in [0.5, 0.6) is 0 Å². The molecule has 0 aromatic rings. The smallest absolute Gasteiger partial charge is 0.0771 e. The average Bonchev–Trinajstić information content (AvgIpc) is 2.35. The van der Waals surface area contributed by atoms with Gasteiger partial charge in [0.1, 0.15) is 0 Å². The van der Waals surface area contributed by atoms with Crippen LogP contribution >= 0.6 is 0 Å². The van der Waals surface area contributed by atoms with Crippen molar-refractivity contribution in [1.82, 2.24) is 5.32 Å². The third kappa shape index (κ3) is 5.39. The topological polar surface area (TPSA) is 32.3 Å². The number of hydrogen-bond donors (Lipinski definition) is 2. The molecule has 102 valence electrons. The van der Waals surface area contributed by atoms with Crippen LogP contribution in [0, 0.1) is 5.92 Å². The summed E-state index contributed by atoms with van der Waals surface area (Å²) in [5.74, 6) is 0.786. The van der Waals surface area contributed by atoms with Crippen LogP contribution in [0.4, 0.5) is 0 Å². The highest BCUT2D eigenvalue weighted by Crippen LogP contribution is 2.27. The van der Waals surface area contributed by atoms with Crippen molar-refractivity contribution in [2.45, 2.75) is 83.8 Å². The van der Waals surface area contributed by atoms with E-state index in [-0.39, 0.29) is 0 Å². The molecule has 2 heteroatoms. The monoisotopic (exact) mass is 241 g/mol. The number of rotatable bonds is 7. The van der Waals surface area contributed by atoms with Crippen LogP contribution in [0.3, 0.4) is 0 Å². The van der Waals surface area contributed by atoms with E-state index in [4.69, 9.17) is 0 Å². The Morgan fingerprint density at radius 3 is 2.29 bits per heavy atom. The molecule has 2 nitrogen and oxygen atoms in total. The summed E-state index contributed by atoms with van der Waals surface area (Å²) >= 11 is 0. The molecule has 0 radical (unpaired) electrons. The molecule has 0 saturated heterocycles. The van der Waals surface area contributed by atoms with Gasteiger partial charge in [0.25, 0.3) is 0 Å². The zero-order valence-corrected chi connectivity index (χ0v) is 12.0. The van der Waals surface area contributed by atoms with Gasteiger partial charge in [-0.05, 0) is 31.6 Å². The summed E-state index contributed by atoms with van der Waals surface area (Å²) in [6, 6.07) is 0.580. The Morgan fingerprint density at radius 1 is 1.12 bits per heavy atom. The lowest BCUT2D eigenvalue weighted by Gasteiger charge is -2.34. The molecule has 1 rings (SSSR count). The molecule has 1 aliphatic carbocycles. The second kappa shape index (κ2) is 7.38. The molecular weight excluding hydrogens is 210 g/mol. The van der Waals surface area contributed by atoms with Gasteiger partial charge < -0.3 is 10.4 Å². The van der Waals surface area contributed by atoms with Gasteiger partial charge in [0.2, 0.25) is 0 Å². The molecule has 1 fully saturated rings. The summed E-state index contributed by atoms with van der Waals surface area (Å²) in [7, 11) is 0. The van der Waals surface area contributed by atoms with Gasteiger partial charge in [-0.3, -0.25) is 0 Å². The van der Waals surface area contributed by atoms with E-state index < -0.39 is 5.60 Å². The number of nitrogens with one attached hydrogen (secondary N) is 1. The maximum Gasteiger partial charge on any atom is 0.0771 e. The van der Waals surface area contributed by atoms with Crippen molar-refractivity contribution >= 4 is 0 Å². The normalized spacial score (nSPS) is 23.3. The van der Waals surface area contributed by atoms with Crippen molar-refractivity contribution in [2.24, 2.45) is 5.92 Å². The summed E-state index contributed by atoms with van der Waals surface area (Å²) in [6.45, 7) is 7.61. The predicted molar refractivity (Wildman–Crippen MR) is 74.2 cm³/mol. The summed E-state index contributed by atoms with van der Waals surface area (Å²) in [6.07, 6.45) is 9.32. The summed E-state index contributed by atoms with van der Waals surface area (Å²) in [4.78, 5) is 0. The Morgan fingerprint density at radius 2 is 1.76 bits per heavy atom. The van der Waals surface area contributed by atoms with Crippen molar-refractivity contribution in [2.75, 3.05) is 6.54 Å². The zero-order valence-electron chi connectivity index (χ0n) is 12.0. The van der Waals surface area contributed by atoms with E-state index in [1.807, 2.05) is 0 Å². The van der Waals surface area contributed by atoms with E-state index >= 15 is 0 Å². The van der Waals surface area contributed by atoms with Crippen LogP contribution in [0.25, 0.3) is 0 Å². The van der Waals surface area contributed by atoms with E-state index in [9.17, 15) is 5.11 Å². The van der Waals surface area contributed by atoms with Crippen LogP contribution in [0.2, 0.25) is 0 Å². The fourth-order valence-corrected chi connectivity index (χ4v) is 2.77. The van der Waals surface area contributed by atoms with E-state index in [0.29, 0.717) is 6.04 Å². The first-order valence-corrected chi connectivity index (χ1v) is 7.55. The van der Waals surface area contributed by atoms with E-state index in [0.717, 1.165) is 25.3 Å². The molecule has 17 heavy (non-hydrogen) atoms. The first-order valence-electron chi connectivity index (χ1n) is 7.55. The molecule has 2 unspecified atom stereocenters. The third-order valence-corrected chi connectivity index (χ3v) is 4.38. The van der Waals surface area contributed by atoms with Gasteiger partial charge in [0.15, 0.2) is 0 Å². The molecule has 0 aromatic carbocycles. The fourth-order valence-electron chi connectivity index (χ4n) is 2.77. The van der Waals surface area contributed by atoms with E-state index in [1.54, 1.807) is 0 Å². The lowest BCUT2D eigenvalue weighted by Crippen LogP contribution is -2.45. The van der Waals surface area contributed by atoms with Crippen molar-refractivity contribution in [3.8, 4) is 0 Å². The zero-order chi connectivity index (χ0) is 12.7. The molecule has 0 aliphatic heterocycles. The summed E-state index contributed by atoms with van der Waals surface area (Å²) in [5.41, 5.74) is -0.416. The maximum absolute atomic E-state index is 10.4. The fraction of sp³-hybridized carbons (Fsp3) is 1.00. The molecule has 2 N–H and O–H groups in total. The highest BCUT2D eigenvalue weighted by molar-refractivity contribution is 4.85. The molecule has 1 saturated carbocycles. The van der Waals surface area contributed by atoms with Crippen molar-refractivity contribution in [3.63, 3.8) is 0 Å². The van der Waals surface area contributed by atoms with Crippen molar-refractivity contribution in [3.05, 3.63) is 0 Å². The van der Waals surface area contributed by atoms with E-state index in [1.165, 1.54) is 38.5 Å². The van der Waals surface area contributed by atoms with Crippen LogP contribution in [0.1, 0.15) is 72.1 Å². The minimum Gasteiger partial charge on any atom is -0.389 e.